The van der Waals surface area contributed by atoms with Crippen LogP contribution in [0.4, 0.5) is 0 Å². The van der Waals surface area contributed by atoms with Gasteiger partial charge in [-0.15, -0.1) is 0 Å². The molecule has 0 aromatic heterocycles. The van der Waals surface area contributed by atoms with Gasteiger partial charge in [0.25, 0.3) is 0 Å². The van der Waals surface area contributed by atoms with Crippen LogP contribution in [0.1, 0.15) is 82.8 Å². The first kappa shape index (κ1) is 37.6. The van der Waals surface area contributed by atoms with E-state index in [0.717, 1.165) is 62.6 Å². The number of amides is 4. The fourth-order valence-electron chi connectivity index (χ4n) is 8.97. The SMILES string of the molecule is CC(C)C[C@@H](CN1CCC[C@@H]1CN1C(=O)C(=O)NC[C@@H]1Cc1ccc(O)cc1)N1C[C@H](Cc2ccc(O)cc2)N(CC2CCCCCC2)C(=O)C1=O. The minimum atomic E-state index is -0.588. The van der Waals surface area contributed by atoms with E-state index >= 15 is 0 Å². The molecule has 4 amide bonds. The molecule has 4 atom stereocenters. The van der Waals surface area contributed by atoms with E-state index in [1.807, 2.05) is 34.1 Å². The van der Waals surface area contributed by atoms with Gasteiger partial charge in [0.05, 0.1) is 12.1 Å². The number of hydrogen-bond acceptors (Lipinski definition) is 7. The lowest BCUT2D eigenvalue weighted by atomic mass is 9.94. The van der Waals surface area contributed by atoms with E-state index in [4.69, 9.17) is 0 Å². The molecule has 1 saturated carbocycles. The van der Waals surface area contributed by atoms with Gasteiger partial charge in [0.2, 0.25) is 0 Å². The zero-order chi connectivity index (χ0) is 36.8. The number of piperazine rings is 2. The molecule has 4 aliphatic rings. The third-order valence-electron chi connectivity index (χ3n) is 11.7. The van der Waals surface area contributed by atoms with E-state index in [-0.39, 0.29) is 41.6 Å². The van der Waals surface area contributed by atoms with Crippen LogP contribution in [-0.2, 0) is 32.0 Å². The van der Waals surface area contributed by atoms with Gasteiger partial charge in [0, 0.05) is 44.8 Å². The Morgan fingerprint density at radius 3 is 1.90 bits per heavy atom. The van der Waals surface area contributed by atoms with Crippen molar-refractivity contribution in [2.45, 2.75) is 109 Å². The Kier molecular flexibility index (Phi) is 12.4. The molecule has 3 aliphatic heterocycles. The summed E-state index contributed by atoms with van der Waals surface area (Å²) in [7, 11) is 0. The summed E-state index contributed by atoms with van der Waals surface area (Å²) in [4.78, 5) is 62.0. The Morgan fingerprint density at radius 1 is 0.692 bits per heavy atom. The zero-order valence-corrected chi connectivity index (χ0v) is 30.9. The van der Waals surface area contributed by atoms with Crippen LogP contribution in [0.25, 0.3) is 0 Å². The lowest BCUT2D eigenvalue weighted by molar-refractivity contribution is -0.162. The summed E-state index contributed by atoms with van der Waals surface area (Å²) in [6.07, 6.45) is 10.6. The highest BCUT2D eigenvalue weighted by Crippen LogP contribution is 2.30. The number of benzene rings is 2. The van der Waals surface area contributed by atoms with Crippen molar-refractivity contribution in [3.63, 3.8) is 0 Å². The molecule has 0 unspecified atom stereocenters. The molecule has 282 valence electrons. The molecular formula is C41H57N5O6. The molecule has 4 fully saturated rings. The van der Waals surface area contributed by atoms with E-state index in [0.29, 0.717) is 51.5 Å². The first-order chi connectivity index (χ1) is 25.0. The number of aromatic hydroxyl groups is 2. The Bertz CT molecular complexity index is 1540. The molecule has 2 aromatic rings. The van der Waals surface area contributed by atoms with Crippen molar-refractivity contribution in [2.75, 3.05) is 39.3 Å². The molecular weight excluding hydrogens is 658 g/mol. The Labute approximate surface area is 308 Å². The van der Waals surface area contributed by atoms with Crippen LogP contribution >= 0.6 is 0 Å². The second-order valence-electron chi connectivity index (χ2n) is 16.1. The van der Waals surface area contributed by atoms with Crippen LogP contribution < -0.4 is 5.32 Å². The van der Waals surface area contributed by atoms with Gasteiger partial charge in [-0.3, -0.25) is 24.1 Å². The summed E-state index contributed by atoms with van der Waals surface area (Å²) >= 11 is 0. The van der Waals surface area contributed by atoms with Gasteiger partial charge in [0.1, 0.15) is 11.5 Å². The second-order valence-corrected chi connectivity index (χ2v) is 16.1. The van der Waals surface area contributed by atoms with Crippen LogP contribution in [0.3, 0.4) is 0 Å². The maximum atomic E-state index is 14.2. The van der Waals surface area contributed by atoms with Crippen molar-refractivity contribution in [1.82, 2.24) is 24.9 Å². The molecule has 3 N–H and O–H groups in total. The van der Waals surface area contributed by atoms with Crippen molar-refractivity contribution in [3.05, 3.63) is 59.7 Å². The molecule has 0 radical (unpaired) electrons. The van der Waals surface area contributed by atoms with Gasteiger partial charge in [-0.25, -0.2) is 0 Å². The number of likely N-dealkylation sites (tertiary alicyclic amines) is 1. The smallest absolute Gasteiger partial charge is 0.312 e. The van der Waals surface area contributed by atoms with E-state index in [2.05, 4.69) is 24.1 Å². The number of carbonyl (C=O) groups is 4. The van der Waals surface area contributed by atoms with Gasteiger partial charge in [-0.2, -0.15) is 0 Å². The van der Waals surface area contributed by atoms with Gasteiger partial charge in [-0.05, 0) is 98.7 Å². The highest BCUT2D eigenvalue weighted by molar-refractivity contribution is 6.36. The summed E-state index contributed by atoms with van der Waals surface area (Å²) in [6.45, 7) is 7.53. The number of rotatable bonds is 13. The number of nitrogens with one attached hydrogen (secondary N) is 1. The number of phenols is 2. The first-order valence-electron chi connectivity index (χ1n) is 19.6. The van der Waals surface area contributed by atoms with Gasteiger partial charge < -0.3 is 30.2 Å². The topological polar surface area (TPSA) is 134 Å². The molecule has 11 heteroatoms. The van der Waals surface area contributed by atoms with Crippen LogP contribution in [0.2, 0.25) is 0 Å². The zero-order valence-electron chi connectivity index (χ0n) is 30.9. The number of phenolic OH excluding ortho intramolecular Hbond substituents is 2. The lowest BCUT2D eigenvalue weighted by Crippen LogP contribution is -2.65. The van der Waals surface area contributed by atoms with E-state index in [1.54, 1.807) is 29.2 Å². The van der Waals surface area contributed by atoms with Crippen LogP contribution in [0.5, 0.6) is 11.5 Å². The highest BCUT2D eigenvalue weighted by Gasteiger charge is 2.44. The van der Waals surface area contributed by atoms with E-state index in [9.17, 15) is 29.4 Å². The fraction of sp³-hybridized carbons (Fsp3) is 0.610. The minimum absolute atomic E-state index is 0.0157. The quantitative estimate of drug-likeness (QED) is 0.210. The Morgan fingerprint density at radius 2 is 1.29 bits per heavy atom. The molecule has 2 aromatic carbocycles. The summed E-state index contributed by atoms with van der Waals surface area (Å²) in [5.41, 5.74) is 1.99. The molecule has 1 aliphatic carbocycles. The Hall–Kier alpha value is -4.12. The molecule has 11 nitrogen and oxygen atoms in total. The van der Waals surface area contributed by atoms with Crippen molar-refractivity contribution in [2.24, 2.45) is 11.8 Å². The molecule has 0 bridgehead atoms. The van der Waals surface area contributed by atoms with Crippen LogP contribution in [0.15, 0.2) is 48.5 Å². The van der Waals surface area contributed by atoms with Crippen molar-refractivity contribution in [1.29, 1.82) is 0 Å². The first-order valence-corrected chi connectivity index (χ1v) is 19.6. The van der Waals surface area contributed by atoms with Gasteiger partial charge in [-0.1, -0.05) is 63.8 Å². The van der Waals surface area contributed by atoms with Gasteiger partial charge in [0.15, 0.2) is 0 Å². The molecule has 6 rings (SSSR count). The Balaban J connectivity index is 1.20. The minimum Gasteiger partial charge on any atom is -0.508 e. The summed E-state index contributed by atoms with van der Waals surface area (Å²) in [6, 6.07) is 13.6. The molecule has 0 spiro atoms. The average Bonchev–Trinajstić information content (AvgIpc) is 3.39. The number of hydrogen-bond donors (Lipinski definition) is 3. The largest absolute Gasteiger partial charge is 0.508 e. The van der Waals surface area contributed by atoms with Crippen molar-refractivity contribution >= 4 is 23.6 Å². The second kappa shape index (κ2) is 17.1. The van der Waals surface area contributed by atoms with Crippen LogP contribution in [-0.4, -0.2) is 117 Å². The molecule has 3 saturated heterocycles. The number of carbonyl (C=O) groups excluding carboxylic acids is 4. The standard InChI is InChI=1S/C41H57N5O6/c1-28(2)20-34(25-43-19-7-10-32(43)26-45-33(23-42-38(49)39(45)50)21-29-11-15-36(47)16-12-29)46-27-35(22-30-13-17-37(48)18-14-30)44(40(51)41(46)52)24-31-8-5-3-4-6-9-31/h11-18,28,31-35,47-48H,3-10,19-27H2,1-2H3,(H,42,49)/t32-,33+,34+,35+/m1/s1. The number of nitrogens with zero attached hydrogens (tertiary/aromatic N) is 4. The predicted octanol–water partition coefficient (Wildman–Crippen LogP) is 4.10. The summed E-state index contributed by atoms with van der Waals surface area (Å²) in [5.74, 6) is -0.886. The van der Waals surface area contributed by atoms with Gasteiger partial charge >= 0.3 is 23.6 Å². The van der Waals surface area contributed by atoms with E-state index in [1.165, 1.54) is 12.8 Å². The predicted molar refractivity (Wildman–Crippen MR) is 198 cm³/mol. The fourth-order valence-corrected chi connectivity index (χ4v) is 8.97. The summed E-state index contributed by atoms with van der Waals surface area (Å²) < 4.78 is 0. The third kappa shape index (κ3) is 9.26. The lowest BCUT2D eigenvalue weighted by Gasteiger charge is -2.46. The third-order valence-corrected chi connectivity index (χ3v) is 11.7. The van der Waals surface area contributed by atoms with Crippen molar-refractivity contribution in [3.8, 4) is 11.5 Å². The van der Waals surface area contributed by atoms with E-state index < -0.39 is 23.6 Å². The maximum Gasteiger partial charge on any atom is 0.312 e. The van der Waals surface area contributed by atoms with Crippen molar-refractivity contribution < 1.29 is 29.4 Å². The molecule has 52 heavy (non-hydrogen) atoms. The summed E-state index contributed by atoms with van der Waals surface area (Å²) in [5, 5.41) is 22.5. The van der Waals surface area contributed by atoms with Crippen LogP contribution in [0, 0.1) is 11.8 Å². The normalized spacial score (nSPS) is 24.4. The monoisotopic (exact) mass is 715 g/mol. The average molecular weight is 716 g/mol. The maximum absolute atomic E-state index is 14.2. The highest BCUT2D eigenvalue weighted by atomic mass is 16.3. The molecule has 3 heterocycles.